The molecule has 0 aromatic heterocycles. The summed E-state index contributed by atoms with van der Waals surface area (Å²) < 4.78 is 20.0. The highest BCUT2D eigenvalue weighted by atomic mass is 127. The molecule has 0 unspecified atom stereocenters. The van der Waals surface area contributed by atoms with Crippen molar-refractivity contribution in [3.63, 3.8) is 0 Å². The summed E-state index contributed by atoms with van der Waals surface area (Å²) in [5.74, 6) is 4.53. The van der Waals surface area contributed by atoms with Gasteiger partial charge in [0.15, 0.2) is 0 Å². The van der Waals surface area contributed by atoms with Gasteiger partial charge in [-0.3, -0.25) is 0 Å². The van der Waals surface area contributed by atoms with Crippen molar-refractivity contribution in [1.82, 2.24) is 0 Å². The van der Waals surface area contributed by atoms with Gasteiger partial charge in [0.25, 0.3) is 0 Å². The molecule has 144 valence electrons. The summed E-state index contributed by atoms with van der Waals surface area (Å²) in [7, 11) is 0. The van der Waals surface area contributed by atoms with E-state index in [1.54, 1.807) is 0 Å². The van der Waals surface area contributed by atoms with Gasteiger partial charge in [0.1, 0.15) is 34.5 Å². The van der Waals surface area contributed by atoms with E-state index in [1.165, 1.54) is 0 Å². The minimum absolute atomic E-state index is 0.708. The maximum atomic E-state index is 5.97. The molecule has 0 radical (unpaired) electrons. The second-order valence-corrected chi connectivity index (χ2v) is 8.66. The average Bonchev–Trinajstić information content (AvgIpc) is 2.70. The predicted molar refractivity (Wildman–Crippen MR) is 131 cm³/mol. The van der Waals surface area contributed by atoms with Gasteiger partial charge in [-0.1, -0.05) is 18.2 Å². The van der Waals surface area contributed by atoms with Gasteiger partial charge in [0.2, 0.25) is 0 Å². The molecule has 0 heterocycles. The summed E-state index contributed by atoms with van der Waals surface area (Å²) in [5.41, 5.74) is 0. The van der Waals surface area contributed by atoms with Crippen LogP contribution in [0.25, 0.3) is 0 Å². The highest BCUT2D eigenvalue weighted by Gasteiger charge is 2.04. The second kappa shape index (κ2) is 9.49. The molecule has 0 aliphatic rings. The highest BCUT2D eigenvalue weighted by molar-refractivity contribution is 14.1. The fraction of sp³-hybridized carbons (Fsp3) is 0. The first-order valence-corrected chi connectivity index (χ1v) is 11.0. The Morgan fingerprint density at radius 3 is 1.14 bits per heavy atom. The monoisotopic (exact) mass is 606 g/mol. The molecular formula is C24H16I2O3. The van der Waals surface area contributed by atoms with E-state index in [2.05, 4.69) is 45.2 Å². The maximum absolute atomic E-state index is 5.97. The lowest BCUT2D eigenvalue weighted by Gasteiger charge is -2.10. The Balaban J connectivity index is 1.42. The fourth-order valence-electron chi connectivity index (χ4n) is 2.65. The average molecular weight is 606 g/mol. The van der Waals surface area contributed by atoms with E-state index in [-0.39, 0.29) is 0 Å². The quantitative estimate of drug-likeness (QED) is 0.207. The van der Waals surface area contributed by atoms with Crippen LogP contribution in [0, 0.1) is 7.14 Å². The third-order valence-corrected chi connectivity index (χ3v) is 5.27. The summed E-state index contributed by atoms with van der Waals surface area (Å²) in [4.78, 5) is 0. The van der Waals surface area contributed by atoms with E-state index in [1.807, 2.05) is 97.1 Å². The Morgan fingerprint density at radius 2 is 0.724 bits per heavy atom. The minimum Gasteiger partial charge on any atom is -0.457 e. The Morgan fingerprint density at radius 1 is 0.379 bits per heavy atom. The molecule has 0 aliphatic heterocycles. The molecule has 29 heavy (non-hydrogen) atoms. The van der Waals surface area contributed by atoms with Crippen molar-refractivity contribution < 1.29 is 14.2 Å². The van der Waals surface area contributed by atoms with E-state index in [4.69, 9.17) is 14.2 Å². The molecule has 0 saturated heterocycles. The van der Waals surface area contributed by atoms with Gasteiger partial charge in [0, 0.05) is 13.2 Å². The molecule has 0 N–H and O–H groups in total. The zero-order chi connectivity index (χ0) is 20.1. The topological polar surface area (TPSA) is 27.7 Å². The lowest BCUT2D eigenvalue weighted by Crippen LogP contribution is -1.88. The highest BCUT2D eigenvalue weighted by Crippen LogP contribution is 2.30. The van der Waals surface area contributed by atoms with E-state index in [0.717, 1.165) is 35.9 Å². The van der Waals surface area contributed by atoms with Crippen molar-refractivity contribution in [2.24, 2.45) is 0 Å². The molecule has 3 nitrogen and oxygen atoms in total. The largest absolute Gasteiger partial charge is 0.457 e. The van der Waals surface area contributed by atoms with Gasteiger partial charge < -0.3 is 14.2 Å². The van der Waals surface area contributed by atoms with Crippen molar-refractivity contribution in [2.45, 2.75) is 0 Å². The second-order valence-electron chi connectivity index (χ2n) is 6.17. The molecule has 0 saturated carbocycles. The zero-order valence-corrected chi connectivity index (χ0v) is 19.5. The van der Waals surface area contributed by atoms with Gasteiger partial charge in [-0.05, 0) is 118 Å². The molecule has 0 atom stereocenters. The summed E-state index contributed by atoms with van der Waals surface area (Å²) in [5, 5.41) is 0. The fourth-order valence-corrected chi connectivity index (χ4v) is 3.68. The normalized spacial score (nSPS) is 10.4. The molecule has 0 fully saturated rings. The van der Waals surface area contributed by atoms with Crippen LogP contribution in [0.4, 0.5) is 0 Å². The SMILES string of the molecule is Ic1cccc(Oc2ccc(Oc3cccc(Oc4cccc(I)c4)c3)cc2)c1. The van der Waals surface area contributed by atoms with Crippen LogP contribution in [0.1, 0.15) is 0 Å². The molecule has 4 aromatic rings. The van der Waals surface area contributed by atoms with Crippen LogP contribution in [0.15, 0.2) is 97.1 Å². The van der Waals surface area contributed by atoms with Crippen molar-refractivity contribution in [2.75, 3.05) is 0 Å². The number of halogens is 2. The maximum Gasteiger partial charge on any atom is 0.131 e. The lowest BCUT2D eigenvalue weighted by molar-refractivity contribution is 0.456. The predicted octanol–water partition coefficient (Wildman–Crippen LogP) is 8.27. The smallest absolute Gasteiger partial charge is 0.131 e. The first kappa shape index (κ1) is 20.0. The first-order chi connectivity index (χ1) is 14.1. The van der Waals surface area contributed by atoms with Gasteiger partial charge in [-0.25, -0.2) is 0 Å². The van der Waals surface area contributed by atoms with Crippen LogP contribution in [0.5, 0.6) is 34.5 Å². The Bertz CT molecular complexity index is 1110. The molecule has 0 bridgehead atoms. The standard InChI is InChI=1S/C24H16I2O3/c25-17-4-1-6-21(14-17)27-19-10-12-20(13-11-19)28-23-8-3-9-24(16-23)29-22-7-2-5-18(26)15-22/h1-16H. The third-order valence-electron chi connectivity index (χ3n) is 3.93. The van der Waals surface area contributed by atoms with Crippen LogP contribution < -0.4 is 14.2 Å². The van der Waals surface area contributed by atoms with Gasteiger partial charge in [-0.2, -0.15) is 0 Å². The van der Waals surface area contributed by atoms with Crippen molar-refractivity contribution in [3.8, 4) is 34.5 Å². The lowest BCUT2D eigenvalue weighted by atomic mass is 10.3. The Labute approximate surface area is 196 Å². The minimum atomic E-state index is 0.708. The third kappa shape index (κ3) is 5.86. The molecular weight excluding hydrogens is 590 g/mol. The van der Waals surface area contributed by atoms with Crippen LogP contribution in [0.3, 0.4) is 0 Å². The van der Waals surface area contributed by atoms with E-state index in [0.29, 0.717) is 5.75 Å². The van der Waals surface area contributed by atoms with Crippen LogP contribution in [0.2, 0.25) is 0 Å². The van der Waals surface area contributed by atoms with Crippen molar-refractivity contribution in [3.05, 3.63) is 104 Å². The van der Waals surface area contributed by atoms with E-state index < -0.39 is 0 Å². The van der Waals surface area contributed by atoms with Gasteiger partial charge >= 0.3 is 0 Å². The number of rotatable bonds is 6. The molecule has 0 amide bonds. The Kier molecular flexibility index (Phi) is 6.56. The van der Waals surface area contributed by atoms with E-state index >= 15 is 0 Å². The molecule has 4 rings (SSSR count). The summed E-state index contributed by atoms with van der Waals surface area (Å²) >= 11 is 4.53. The summed E-state index contributed by atoms with van der Waals surface area (Å²) in [6.07, 6.45) is 0. The molecule has 0 aliphatic carbocycles. The number of hydrogen-bond donors (Lipinski definition) is 0. The summed E-state index contributed by atoms with van der Waals surface area (Å²) in [6, 6.07) is 31.0. The molecule has 0 spiro atoms. The first-order valence-electron chi connectivity index (χ1n) is 8.89. The van der Waals surface area contributed by atoms with Crippen LogP contribution >= 0.6 is 45.2 Å². The van der Waals surface area contributed by atoms with Crippen LogP contribution in [-0.4, -0.2) is 0 Å². The Hall–Kier alpha value is -2.26. The zero-order valence-electron chi connectivity index (χ0n) is 15.2. The van der Waals surface area contributed by atoms with Crippen molar-refractivity contribution >= 4 is 45.2 Å². The number of benzene rings is 4. The van der Waals surface area contributed by atoms with Crippen molar-refractivity contribution in [1.29, 1.82) is 0 Å². The van der Waals surface area contributed by atoms with Gasteiger partial charge in [0.05, 0.1) is 0 Å². The van der Waals surface area contributed by atoms with Gasteiger partial charge in [-0.15, -0.1) is 0 Å². The molecule has 5 heteroatoms. The van der Waals surface area contributed by atoms with Crippen LogP contribution in [-0.2, 0) is 0 Å². The van der Waals surface area contributed by atoms with E-state index in [9.17, 15) is 0 Å². The summed E-state index contributed by atoms with van der Waals surface area (Å²) in [6.45, 7) is 0. The molecule has 4 aromatic carbocycles. The number of hydrogen-bond acceptors (Lipinski definition) is 3. The number of ether oxygens (including phenoxy) is 3.